The molecule has 110 valence electrons. The summed E-state index contributed by atoms with van der Waals surface area (Å²) in [5, 5.41) is 3.28. The lowest BCUT2D eigenvalue weighted by Crippen LogP contribution is -2.30. The Balaban J connectivity index is 2.05. The first-order valence-electron chi connectivity index (χ1n) is 6.91. The van der Waals surface area contributed by atoms with Crippen molar-refractivity contribution in [3.05, 3.63) is 59.1 Å². The van der Waals surface area contributed by atoms with Gasteiger partial charge in [0.25, 0.3) is 5.91 Å². The zero-order chi connectivity index (χ0) is 15.2. The molecule has 0 aliphatic carbocycles. The predicted octanol–water partition coefficient (Wildman–Crippen LogP) is 4.31. The van der Waals surface area contributed by atoms with Crippen LogP contribution in [0, 0.1) is 0 Å². The summed E-state index contributed by atoms with van der Waals surface area (Å²) in [6.45, 7) is 3.77. The highest BCUT2D eigenvalue weighted by atomic mass is 35.5. The smallest absolute Gasteiger partial charge is 0.265 e. The van der Waals surface area contributed by atoms with Crippen molar-refractivity contribution >= 4 is 23.2 Å². The monoisotopic (exact) mass is 303 g/mol. The summed E-state index contributed by atoms with van der Waals surface area (Å²) in [5.74, 6) is 0.510. The maximum absolute atomic E-state index is 12.2. The third-order valence-electron chi connectivity index (χ3n) is 3.16. The minimum absolute atomic E-state index is 0.228. The lowest BCUT2D eigenvalue weighted by Gasteiger charge is -2.17. The number of carbonyl (C=O) groups is 1. The number of carbonyl (C=O) groups excluding carboxylic acids is 1. The molecule has 1 N–H and O–H groups in total. The molecule has 1 amide bonds. The molecule has 0 aromatic heterocycles. The largest absolute Gasteiger partial charge is 0.481 e. The van der Waals surface area contributed by atoms with E-state index in [1.54, 1.807) is 19.1 Å². The Hall–Kier alpha value is -2.00. The molecule has 2 aromatic rings. The zero-order valence-electron chi connectivity index (χ0n) is 12.1. The number of benzene rings is 2. The molecule has 2 aromatic carbocycles. The summed E-state index contributed by atoms with van der Waals surface area (Å²) >= 11 is 6.03. The Morgan fingerprint density at radius 1 is 1.19 bits per heavy atom. The quantitative estimate of drug-likeness (QED) is 0.894. The maximum atomic E-state index is 12.2. The fraction of sp³-hybridized carbons (Fsp3) is 0.235. The fourth-order valence-electron chi connectivity index (χ4n) is 1.95. The molecule has 0 saturated heterocycles. The summed E-state index contributed by atoms with van der Waals surface area (Å²) in [5.41, 5.74) is 1.67. The summed E-state index contributed by atoms with van der Waals surface area (Å²) < 4.78 is 5.76. The van der Waals surface area contributed by atoms with Crippen molar-refractivity contribution in [2.45, 2.75) is 26.4 Å². The van der Waals surface area contributed by atoms with Crippen LogP contribution >= 0.6 is 11.6 Å². The van der Waals surface area contributed by atoms with Gasteiger partial charge in [-0.25, -0.2) is 0 Å². The van der Waals surface area contributed by atoms with Crippen LogP contribution in [-0.4, -0.2) is 12.0 Å². The van der Waals surface area contributed by atoms with Gasteiger partial charge in [0.2, 0.25) is 0 Å². The Bertz CT molecular complexity index is 628. The molecule has 0 bridgehead atoms. The number of nitrogens with one attached hydrogen (secondary N) is 1. The van der Waals surface area contributed by atoms with E-state index in [9.17, 15) is 4.79 Å². The number of anilines is 1. The first kappa shape index (κ1) is 15.4. The summed E-state index contributed by atoms with van der Waals surface area (Å²) in [6, 6.07) is 14.8. The molecule has 0 radical (unpaired) electrons. The van der Waals surface area contributed by atoms with Gasteiger partial charge in [0, 0.05) is 0 Å². The minimum Gasteiger partial charge on any atom is -0.481 e. The van der Waals surface area contributed by atoms with E-state index in [1.165, 1.54) is 0 Å². The molecule has 0 aliphatic rings. The van der Waals surface area contributed by atoms with Gasteiger partial charge in [-0.3, -0.25) is 4.79 Å². The van der Waals surface area contributed by atoms with Crippen molar-refractivity contribution in [2.24, 2.45) is 0 Å². The maximum Gasteiger partial charge on any atom is 0.265 e. The SMILES string of the molecule is CCc1ccccc1O[C@H](C)C(=O)Nc1ccccc1Cl. The third kappa shape index (κ3) is 3.99. The second-order valence-electron chi connectivity index (χ2n) is 4.69. The van der Waals surface area contributed by atoms with E-state index in [1.807, 2.05) is 36.4 Å². The Morgan fingerprint density at radius 2 is 1.86 bits per heavy atom. The van der Waals surface area contributed by atoms with Gasteiger partial charge in [0.05, 0.1) is 10.7 Å². The molecule has 1 atom stereocenters. The van der Waals surface area contributed by atoms with Gasteiger partial charge in [0.15, 0.2) is 6.10 Å². The molecule has 0 fully saturated rings. The second kappa shape index (κ2) is 7.14. The van der Waals surface area contributed by atoms with E-state index < -0.39 is 6.10 Å². The van der Waals surface area contributed by atoms with Crippen LogP contribution in [-0.2, 0) is 11.2 Å². The zero-order valence-corrected chi connectivity index (χ0v) is 12.9. The summed E-state index contributed by atoms with van der Waals surface area (Å²) in [4.78, 5) is 12.2. The van der Waals surface area contributed by atoms with Crippen LogP contribution < -0.4 is 10.1 Å². The van der Waals surface area contributed by atoms with Gasteiger partial charge in [-0.2, -0.15) is 0 Å². The Labute approximate surface area is 129 Å². The second-order valence-corrected chi connectivity index (χ2v) is 5.10. The van der Waals surface area contributed by atoms with Gasteiger partial charge in [-0.1, -0.05) is 48.9 Å². The number of hydrogen-bond acceptors (Lipinski definition) is 2. The Kier molecular flexibility index (Phi) is 5.23. The van der Waals surface area contributed by atoms with Crippen molar-refractivity contribution in [1.82, 2.24) is 0 Å². The van der Waals surface area contributed by atoms with Crippen molar-refractivity contribution < 1.29 is 9.53 Å². The topological polar surface area (TPSA) is 38.3 Å². The van der Waals surface area contributed by atoms with Gasteiger partial charge in [-0.05, 0) is 37.1 Å². The number of para-hydroxylation sites is 2. The molecule has 2 rings (SSSR count). The van der Waals surface area contributed by atoms with Crippen LogP contribution in [0.4, 0.5) is 5.69 Å². The van der Waals surface area contributed by atoms with Crippen LogP contribution in [0.3, 0.4) is 0 Å². The molecule has 0 aliphatic heterocycles. The third-order valence-corrected chi connectivity index (χ3v) is 3.49. The van der Waals surface area contributed by atoms with Crippen LogP contribution in [0.1, 0.15) is 19.4 Å². The minimum atomic E-state index is -0.603. The highest BCUT2D eigenvalue weighted by Gasteiger charge is 2.16. The van der Waals surface area contributed by atoms with Gasteiger partial charge >= 0.3 is 0 Å². The molecule has 0 saturated carbocycles. The molecule has 21 heavy (non-hydrogen) atoms. The normalized spacial score (nSPS) is 11.8. The van der Waals surface area contributed by atoms with E-state index >= 15 is 0 Å². The molecule has 0 unspecified atom stereocenters. The van der Waals surface area contributed by atoms with Crippen molar-refractivity contribution in [3.63, 3.8) is 0 Å². The highest BCUT2D eigenvalue weighted by Crippen LogP contribution is 2.22. The number of amides is 1. The van der Waals surface area contributed by atoms with Gasteiger partial charge in [-0.15, -0.1) is 0 Å². The lowest BCUT2D eigenvalue weighted by atomic mass is 10.1. The van der Waals surface area contributed by atoms with E-state index in [0.717, 1.165) is 17.7 Å². The number of ether oxygens (including phenoxy) is 1. The molecule has 0 heterocycles. The highest BCUT2D eigenvalue weighted by molar-refractivity contribution is 6.33. The number of aryl methyl sites for hydroxylation is 1. The summed E-state index contributed by atoms with van der Waals surface area (Å²) in [7, 11) is 0. The van der Waals surface area contributed by atoms with Crippen LogP contribution in [0.5, 0.6) is 5.75 Å². The lowest BCUT2D eigenvalue weighted by molar-refractivity contribution is -0.122. The van der Waals surface area contributed by atoms with E-state index in [-0.39, 0.29) is 5.91 Å². The molecule has 4 heteroatoms. The van der Waals surface area contributed by atoms with Crippen molar-refractivity contribution in [3.8, 4) is 5.75 Å². The molecular formula is C17H18ClNO2. The number of hydrogen-bond donors (Lipinski definition) is 1. The van der Waals surface area contributed by atoms with Crippen LogP contribution in [0.25, 0.3) is 0 Å². The average Bonchev–Trinajstić information content (AvgIpc) is 2.50. The molecular weight excluding hydrogens is 286 g/mol. The first-order valence-corrected chi connectivity index (χ1v) is 7.29. The summed E-state index contributed by atoms with van der Waals surface area (Å²) in [6.07, 6.45) is 0.253. The van der Waals surface area contributed by atoms with E-state index in [2.05, 4.69) is 12.2 Å². The first-order chi connectivity index (χ1) is 10.1. The van der Waals surface area contributed by atoms with E-state index in [4.69, 9.17) is 16.3 Å². The van der Waals surface area contributed by atoms with Crippen LogP contribution in [0.15, 0.2) is 48.5 Å². The van der Waals surface area contributed by atoms with Crippen molar-refractivity contribution in [2.75, 3.05) is 5.32 Å². The molecule has 3 nitrogen and oxygen atoms in total. The van der Waals surface area contributed by atoms with Gasteiger partial charge < -0.3 is 10.1 Å². The van der Waals surface area contributed by atoms with Crippen LogP contribution in [0.2, 0.25) is 5.02 Å². The number of halogens is 1. The predicted molar refractivity (Wildman–Crippen MR) is 86.0 cm³/mol. The average molecular weight is 304 g/mol. The fourth-order valence-corrected chi connectivity index (χ4v) is 2.13. The van der Waals surface area contributed by atoms with Gasteiger partial charge in [0.1, 0.15) is 5.75 Å². The number of rotatable bonds is 5. The standard InChI is InChI=1S/C17H18ClNO2/c1-3-13-8-4-7-11-16(13)21-12(2)17(20)19-15-10-6-5-9-14(15)18/h4-12H,3H2,1-2H3,(H,19,20)/t12-/m1/s1. The Morgan fingerprint density at radius 3 is 2.57 bits per heavy atom. The van der Waals surface area contributed by atoms with Crippen molar-refractivity contribution in [1.29, 1.82) is 0 Å². The van der Waals surface area contributed by atoms with E-state index in [0.29, 0.717) is 10.7 Å². The molecule has 0 spiro atoms.